The van der Waals surface area contributed by atoms with Gasteiger partial charge in [0.2, 0.25) is 0 Å². The predicted molar refractivity (Wildman–Crippen MR) is 109 cm³/mol. The third-order valence-electron chi connectivity index (χ3n) is 4.10. The van der Waals surface area contributed by atoms with Crippen LogP contribution in [-0.2, 0) is 4.74 Å². The monoisotopic (exact) mass is 408 g/mol. The summed E-state index contributed by atoms with van der Waals surface area (Å²) >= 11 is 5.94. The number of esters is 2. The zero-order chi connectivity index (χ0) is 20.8. The molecule has 0 atom stereocenters. The lowest BCUT2D eigenvalue weighted by Gasteiger charge is -2.07. The van der Waals surface area contributed by atoms with E-state index in [0.717, 1.165) is 5.56 Å². The van der Waals surface area contributed by atoms with Gasteiger partial charge in [0.25, 0.3) is 0 Å². The number of hydrogen-bond acceptors (Lipinski definition) is 5. The molecule has 3 aromatic rings. The largest absolute Gasteiger partial charge is 0.454 e. The van der Waals surface area contributed by atoms with Gasteiger partial charge in [-0.3, -0.25) is 4.79 Å². The van der Waals surface area contributed by atoms with Gasteiger partial charge in [0, 0.05) is 5.56 Å². The van der Waals surface area contributed by atoms with Crippen molar-refractivity contribution in [3.05, 3.63) is 100 Å². The molecule has 0 aliphatic heterocycles. The molecule has 0 spiro atoms. The number of aryl methyl sites for hydroxylation is 1. The summed E-state index contributed by atoms with van der Waals surface area (Å²) in [5.74, 6) is -1.24. The second-order valence-electron chi connectivity index (χ2n) is 6.26. The number of Topliss-reactive ketones (excluding diaryl/α,β-unsaturated/α-hetero) is 1. The highest BCUT2D eigenvalue weighted by atomic mass is 35.5. The first-order valence-corrected chi connectivity index (χ1v) is 9.15. The first kappa shape index (κ1) is 20.3. The molecule has 0 aromatic heterocycles. The topological polar surface area (TPSA) is 69.7 Å². The molecule has 0 unspecified atom stereocenters. The highest BCUT2D eigenvalue weighted by Gasteiger charge is 2.15. The van der Waals surface area contributed by atoms with Gasteiger partial charge in [0.15, 0.2) is 12.4 Å². The molecule has 0 radical (unpaired) electrons. The quantitative estimate of drug-likeness (QED) is 0.329. The van der Waals surface area contributed by atoms with E-state index in [4.69, 9.17) is 21.1 Å². The van der Waals surface area contributed by atoms with Crippen molar-refractivity contribution in [2.24, 2.45) is 0 Å². The van der Waals surface area contributed by atoms with Crippen LogP contribution in [0.15, 0.2) is 72.8 Å². The lowest BCUT2D eigenvalue weighted by molar-refractivity contribution is 0.0474. The van der Waals surface area contributed by atoms with E-state index in [9.17, 15) is 14.4 Å². The number of carbonyl (C=O) groups excluding carboxylic acids is 3. The molecule has 0 heterocycles. The summed E-state index contributed by atoms with van der Waals surface area (Å²) in [4.78, 5) is 36.4. The maximum atomic E-state index is 12.2. The van der Waals surface area contributed by atoms with E-state index in [1.165, 1.54) is 30.3 Å². The van der Waals surface area contributed by atoms with Crippen molar-refractivity contribution >= 4 is 29.3 Å². The maximum Gasteiger partial charge on any atom is 0.343 e. The van der Waals surface area contributed by atoms with Crippen LogP contribution in [0.5, 0.6) is 5.75 Å². The lowest BCUT2D eigenvalue weighted by atomic mass is 10.1. The van der Waals surface area contributed by atoms with Crippen LogP contribution in [0.4, 0.5) is 0 Å². The molecule has 6 heteroatoms. The van der Waals surface area contributed by atoms with Crippen LogP contribution < -0.4 is 4.74 Å². The van der Waals surface area contributed by atoms with Crippen LogP contribution in [0, 0.1) is 6.92 Å². The Labute approximate surface area is 172 Å². The van der Waals surface area contributed by atoms with Gasteiger partial charge >= 0.3 is 11.9 Å². The summed E-state index contributed by atoms with van der Waals surface area (Å²) < 4.78 is 10.3. The minimum atomic E-state index is -0.674. The van der Waals surface area contributed by atoms with Crippen LogP contribution in [0.3, 0.4) is 0 Å². The molecule has 0 amide bonds. The normalized spacial score (nSPS) is 10.3. The second-order valence-corrected chi connectivity index (χ2v) is 6.67. The van der Waals surface area contributed by atoms with Crippen LogP contribution in [0.2, 0.25) is 5.02 Å². The van der Waals surface area contributed by atoms with E-state index in [1.54, 1.807) is 30.3 Å². The van der Waals surface area contributed by atoms with Crippen molar-refractivity contribution in [2.75, 3.05) is 6.61 Å². The van der Waals surface area contributed by atoms with Crippen LogP contribution in [-0.4, -0.2) is 24.3 Å². The highest BCUT2D eigenvalue weighted by Crippen LogP contribution is 2.17. The van der Waals surface area contributed by atoms with Crippen molar-refractivity contribution < 1.29 is 23.9 Å². The summed E-state index contributed by atoms with van der Waals surface area (Å²) in [6.07, 6.45) is 0. The summed E-state index contributed by atoms with van der Waals surface area (Å²) in [5.41, 5.74) is 1.99. The van der Waals surface area contributed by atoms with Crippen molar-refractivity contribution in [1.82, 2.24) is 0 Å². The van der Waals surface area contributed by atoms with Gasteiger partial charge in [-0.15, -0.1) is 0 Å². The highest BCUT2D eigenvalue weighted by molar-refractivity contribution is 6.33. The molecule has 0 aliphatic rings. The Morgan fingerprint density at radius 2 is 1.41 bits per heavy atom. The number of halogens is 1. The maximum absolute atomic E-state index is 12.2. The molecule has 29 heavy (non-hydrogen) atoms. The average molecular weight is 409 g/mol. The van der Waals surface area contributed by atoms with E-state index in [1.807, 2.05) is 19.1 Å². The fourth-order valence-corrected chi connectivity index (χ4v) is 2.70. The second kappa shape index (κ2) is 9.17. The van der Waals surface area contributed by atoms with E-state index < -0.39 is 18.5 Å². The number of benzene rings is 3. The number of carbonyl (C=O) groups is 3. The average Bonchev–Trinajstić information content (AvgIpc) is 2.73. The fraction of sp³-hybridized carbons (Fsp3) is 0.0870. The summed E-state index contributed by atoms with van der Waals surface area (Å²) in [5, 5.41) is 0.254. The van der Waals surface area contributed by atoms with Crippen LogP contribution in [0.25, 0.3) is 0 Å². The SMILES string of the molecule is Cc1ccc(C(=O)Oc2ccc(C(=O)COC(=O)c3ccccc3Cl)cc2)cc1. The van der Waals surface area contributed by atoms with Gasteiger partial charge in [-0.05, 0) is 55.5 Å². The molecule has 3 aromatic carbocycles. The summed E-state index contributed by atoms with van der Waals surface area (Å²) in [6, 6.07) is 19.5. The standard InChI is InChI=1S/C23H17ClO5/c1-15-6-8-17(9-7-15)22(26)29-18-12-10-16(11-13-18)21(25)14-28-23(27)19-4-2-3-5-20(19)24/h2-13H,14H2,1H3. The van der Waals surface area contributed by atoms with Gasteiger partial charge in [-0.2, -0.15) is 0 Å². The Kier molecular flexibility index (Phi) is 6.42. The number of rotatable bonds is 6. The molecular weight excluding hydrogens is 392 g/mol. The first-order chi connectivity index (χ1) is 13.9. The minimum Gasteiger partial charge on any atom is -0.454 e. The summed E-state index contributed by atoms with van der Waals surface area (Å²) in [7, 11) is 0. The number of ketones is 1. The first-order valence-electron chi connectivity index (χ1n) is 8.78. The Balaban J connectivity index is 1.57. The smallest absolute Gasteiger partial charge is 0.343 e. The molecule has 5 nitrogen and oxygen atoms in total. The molecule has 0 saturated carbocycles. The molecule has 0 bridgehead atoms. The van der Waals surface area contributed by atoms with Crippen molar-refractivity contribution in [1.29, 1.82) is 0 Å². The van der Waals surface area contributed by atoms with Gasteiger partial charge < -0.3 is 9.47 Å². The van der Waals surface area contributed by atoms with Crippen molar-refractivity contribution in [2.45, 2.75) is 6.92 Å². The lowest BCUT2D eigenvalue weighted by Crippen LogP contribution is -2.14. The Bertz CT molecular complexity index is 1040. The van der Waals surface area contributed by atoms with Gasteiger partial charge in [0.05, 0.1) is 16.1 Å². The Morgan fingerprint density at radius 3 is 2.07 bits per heavy atom. The van der Waals surface area contributed by atoms with Gasteiger partial charge in [-0.25, -0.2) is 9.59 Å². The third-order valence-corrected chi connectivity index (χ3v) is 4.43. The molecule has 146 valence electrons. The molecule has 0 aliphatic carbocycles. The Morgan fingerprint density at radius 1 is 0.793 bits per heavy atom. The van der Waals surface area contributed by atoms with Gasteiger partial charge in [0.1, 0.15) is 5.75 Å². The van der Waals surface area contributed by atoms with E-state index in [-0.39, 0.29) is 16.4 Å². The molecule has 3 rings (SSSR count). The van der Waals surface area contributed by atoms with Crippen molar-refractivity contribution in [3.63, 3.8) is 0 Å². The van der Waals surface area contributed by atoms with E-state index in [2.05, 4.69) is 0 Å². The van der Waals surface area contributed by atoms with Gasteiger partial charge in [-0.1, -0.05) is 41.4 Å². The van der Waals surface area contributed by atoms with Crippen molar-refractivity contribution in [3.8, 4) is 5.75 Å². The fourth-order valence-electron chi connectivity index (χ4n) is 2.48. The predicted octanol–water partition coefficient (Wildman–Crippen LogP) is 4.91. The zero-order valence-electron chi connectivity index (χ0n) is 15.6. The number of hydrogen-bond donors (Lipinski definition) is 0. The minimum absolute atomic E-state index is 0.195. The Hall–Kier alpha value is -3.44. The number of ether oxygens (including phenoxy) is 2. The molecular formula is C23H17ClO5. The van der Waals surface area contributed by atoms with Crippen LogP contribution >= 0.6 is 11.6 Å². The summed E-state index contributed by atoms with van der Waals surface area (Å²) in [6.45, 7) is 1.50. The van der Waals surface area contributed by atoms with E-state index >= 15 is 0 Å². The van der Waals surface area contributed by atoms with E-state index in [0.29, 0.717) is 16.9 Å². The zero-order valence-corrected chi connectivity index (χ0v) is 16.3. The molecule has 0 saturated heterocycles. The molecule has 0 fully saturated rings. The molecule has 0 N–H and O–H groups in total. The van der Waals surface area contributed by atoms with Crippen LogP contribution in [0.1, 0.15) is 36.6 Å². The third kappa shape index (κ3) is 5.30.